The van der Waals surface area contributed by atoms with Crippen LogP contribution in [0.2, 0.25) is 0 Å². The molecule has 0 atom stereocenters. The van der Waals surface area contributed by atoms with Gasteiger partial charge in [-0.2, -0.15) is 0 Å². The predicted octanol–water partition coefficient (Wildman–Crippen LogP) is 2.69. The van der Waals surface area contributed by atoms with Crippen LogP contribution in [0.1, 0.15) is 31.7 Å². The highest BCUT2D eigenvalue weighted by molar-refractivity contribution is 5.70. The van der Waals surface area contributed by atoms with E-state index in [1.807, 2.05) is 6.20 Å². The van der Waals surface area contributed by atoms with Crippen molar-refractivity contribution >= 4 is 11.2 Å². The number of hydrogen-bond acceptors (Lipinski definition) is 2. The lowest BCUT2D eigenvalue weighted by Crippen LogP contribution is -1.87. The van der Waals surface area contributed by atoms with E-state index in [-0.39, 0.29) is 0 Å². The summed E-state index contributed by atoms with van der Waals surface area (Å²) in [5.41, 5.74) is 3.15. The molecule has 0 radical (unpaired) electrons. The lowest BCUT2D eigenvalue weighted by Gasteiger charge is -1.99. The highest BCUT2D eigenvalue weighted by Crippen LogP contribution is 2.11. The van der Waals surface area contributed by atoms with Gasteiger partial charge in [-0.15, -0.1) is 0 Å². The monoisotopic (exact) mass is 189 g/mol. The summed E-state index contributed by atoms with van der Waals surface area (Å²) in [5, 5.41) is 0. The molecule has 0 aliphatic heterocycles. The smallest absolute Gasteiger partial charge is 0.177 e. The number of nitrogens with zero attached hydrogens (tertiary/aromatic N) is 2. The molecule has 2 aromatic heterocycles. The minimum atomic E-state index is 0.809. The Hall–Kier alpha value is -1.38. The van der Waals surface area contributed by atoms with Gasteiger partial charge in [-0.25, -0.2) is 9.97 Å². The van der Waals surface area contributed by atoms with Gasteiger partial charge in [0.25, 0.3) is 0 Å². The van der Waals surface area contributed by atoms with Gasteiger partial charge in [-0.05, 0) is 24.5 Å². The van der Waals surface area contributed by atoms with E-state index in [4.69, 9.17) is 0 Å². The maximum atomic E-state index is 4.28. The number of hydrogen-bond donors (Lipinski definition) is 1. The summed E-state index contributed by atoms with van der Waals surface area (Å²) < 4.78 is 0. The number of fused-ring (bicyclic) bond motifs is 1. The van der Waals surface area contributed by atoms with Crippen LogP contribution in [0, 0.1) is 0 Å². The lowest BCUT2D eigenvalue weighted by atomic mass is 10.1. The highest BCUT2D eigenvalue weighted by Gasteiger charge is 1.99. The molecule has 0 spiro atoms. The largest absolute Gasteiger partial charge is 0.343 e. The van der Waals surface area contributed by atoms with Crippen molar-refractivity contribution in [2.75, 3.05) is 0 Å². The van der Waals surface area contributed by atoms with Crippen molar-refractivity contribution in [2.45, 2.75) is 32.6 Å². The second kappa shape index (κ2) is 4.22. The van der Waals surface area contributed by atoms with Gasteiger partial charge in [-0.1, -0.05) is 19.8 Å². The first-order valence-corrected chi connectivity index (χ1v) is 5.18. The first-order valence-electron chi connectivity index (χ1n) is 5.18. The van der Waals surface area contributed by atoms with Gasteiger partial charge in [0, 0.05) is 6.20 Å². The van der Waals surface area contributed by atoms with E-state index in [1.165, 1.54) is 24.8 Å². The Labute approximate surface area is 83.6 Å². The fraction of sp³-hybridized carbons (Fsp3) is 0.455. The van der Waals surface area contributed by atoms with Crippen LogP contribution in [0.4, 0.5) is 0 Å². The quantitative estimate of drug-likeness (QED) is 0.751. The Kier molecular flexibility index (Phi) is 2.77. The molecule has 2 aromatic rings. The van der Waals surface area contributed by atoms with Crippen molar-refractivity contribution in [2.24, 2.45) is 0 Å². The number of nitrogens with one attached hydrogen (secondary N) is 1. The molecule has 0 aliphatic rings. The van der Waals surface area contributed by atoms with Crippen LogP contribution in [0.5, 0.6) is 0 Å². The maximum absolute atomic E-state index is 4.28. The second-order valence-corrected chi connectivity index (χ2v) is 3.57. The summed E-state index contributed by atoms with van der Waals surface area (Å²) in [6.07, 6.45) is 8.54. The highest BCUT2D eigenvalue weighted by atomic mass is 14.9. The van der Waals surface area contributed by atoms with Gasteiger partial charge in [0.2, 0.25) is 0 Å². The molecular formula is C11H15N3. The average molecular weight is 189 g/mol. The number of rotatable bonds is 4. The Morgan fingerprint density at radius 1 is 1.29 bits per heavy atom. The van der Waals surface area contributed by atoms with Crippen LogP contribution >= 0.6 is 0 Å². The van der Waals surface area contributed by atoms with Gasteiger partial charge in [0.15, 0.2) is 5.65 Å². The molecule has 0 saturated heterocycles. The lowest BCUT2D eigenvalue weighted by molar-refractivity contribution is 0.716. The molecule has 74 valence electrons. The first kappa shape index (κ1) is 9.19. The maximum Gasteiger partial charge on any atom is 0.177 e. The number of aryl methyl sites for hydroxylation is 1. The number of unbranched alkanes of at least 4 members (excludes halogenated alkanes) is 2. The fourth-order valence-corrected chi connectivity index (χ4v) is 1.59. The van der Waals surface area contributed by atoms with Crippen LogP contribution < -0.4 is 0 Å². The Morgan fingerprint density at radius 3 is 3.07 bits per heavy atom. The molecule has 0 bridgehead atoms. The van der Waals surface area contributed by atoms with Crippen LogP contribution in [0.3, 0.4) is 0 Å². The zero-order valence-corrected chi connectivity index (χ0v) is 8.45. The van der Waals surface area contributed by atoms with Crippen molar-refractivity contribution in [3.63, 3.8) is 0 Å². The molecule has 1 N–H and O–H groups in total. The topological polar surface area (TPSA) is 41.6 Å². The summed E-state index contributed by atoms with van der Waals surface area (Å²) in [6, 6.07) is 2.14. The van der Waals surface area contributed by atoms with E-state index in [0.29, 0.717) is 0 Å². The zero-order valence-electron chi connectivity index (χ0n) is 8.45. The van der Waals surface area contributed by atoms with E-state index < -0.39 is 0 Å². The molecule has 0 fully saturated rings. The molecular weight excluding hydrogens is 174 g/mol. The Bertz CT molecular complexity index is 406. The van der Waals surface area contributed by atoms with E-state index >= 15 is 0 Å². The van der Waals surface area contributed by atoms with Crippen molar-refractivity contribution in [3.8, 4) is 0 Å². The van der Waals surface area contributed by atoms with Crippen LogP contribution in [-0.4, -0.2) is 15.0 Å². The third-order valence-electron chi connectivity index (χ3n) is 2.40. The summed E-state index contributed by atoms with van der Waals surface area (Å²) >= 11 is 0. The average Bonchev–Trinajstić information content (AvgIpc) is 2.65. The van der Waals surface area contributed by atoms with Crippen LogP contribution in [0.25, 0.3) is 11.2 Å². The standard InChI is InChI=1S/C11H15N3/c1-2-3-4-5-9-6-10-11(12-7-9)14-8-13-10/h6-8H,2-5H2,1H3,(H,12,13,14). The summed E-state index contributed by atoms with van der Waals surface area (Å²) in [4.78, 5) is 11.4. The van der Waals surface area contributed by atoms with Crippen LogP contribution in [0.15, 0.2) is 18.6 Å². The summed E-state index contributed by atoms with van der Waals surface area (Å²) in [5.74, 6) is 0. The number of H-pyrrole nitrogens is 1. The van der Waals surface area contributed by atoms with Crippen molar-refractivity contribution in [1.82, 2.24) is 15.0 Å². The molecule has 2 rings (SSSR count). The van der Waals surface area contributed by atoms with E-state index in [9.17, 15) is 0 Å². The van der Waals surface area contributed by atoms with Gasteiger partial charge < -0.3 is 4.98 Å². The minimum absolute atomic E-state index is 0.809. The van der Waals surface area contributed by atoms with E-state index in [0.717, 1.165) is 17.6 Å². The molecule has 3 heteroatoms. The van der Waals surface area contributed by atoms with Crippen molar-refractivity contribution in [1.29, 1.82) is 0 Å². The number of pyridine rings is 1. The van der Waals surface area contributed by atoms with Crippen molar-refractivity contribution < 1.29 is 0 Å². The first-order chi connectivity index (χ1) is 6.90. The number of aromatic amines is 1. The Morgan fingerprint density at radius 2 is 2.21 bits per heavy atom. The summed E-state index contributed by atoms with van der Waals surface area (Å²) in [7, 11) is 0. The Balaban J connectivity index is 2.10. The van der Waals surface area contributed by atoms with Gasteiger partial charge in [-0.3, -0.25) is 0 Å². The molecule has 0 aromatic carbocycles. The van der Waals surface area contributed by atoms with Gasteiger partial charge in [0.1, 0.15) is 0 Å². The molecule has 3 nitrogen and oxygen atoms in total. The summed E-state index contributed by atoms with van der Waals surface area (Å²) in [6.45, 7) is 2.22. The molecule has 14 heavy (non-hydrogen) atoms. The number of imidazole rings is 1. The number of aromatic nitrogens is 3. The van der Waals surface area contributed by atoms with E-state index in [1.54, 1.807) is 6.33 Å². The van der Waals surface area contributed by atoms with E-state index in [2.05, 4.69) is 27.9 Å². The van der Waals surface area contributed by atoms with Gasteiger partial charge in [0.05, 0.1) is 11.8 Å². The zero-order chi connectivity index (χ0) is 9.80. The molecule has 2 heterocycles. The molecule has 0 saturated carbocycles. The minimum Gasteiger partial charge on any atom is -0.343 e. The second-order valence-electron chi connectivity index (χ2n) is 3.57. The third-order valence-corrected chi connectivity index (χ3v) is 2.40. The molecule has 0 unspecified atom stereocenters. The molecule has 0 aliphatic carbocycles. The van der Waals surface area contributed by atoms with Gasteiger partial charge >= 0.3 is 0 Å². The normalized spacial score (nSPS) is 10.9. The molecule has 0 amide bonds. The SMILES string of the molecule is CCCCCc1cnc2nc[nH]c2c1. The predicted molar refractivity (Wildman–Crippen MR) is 57.1 cm³/mol. The fourth-order valence-electron chi connectivity index (χ4n) is 1.59. The third kappa shape index (κ3) is 1.92. The van der Waals surface area contributed by atoms with Crippen molar-refractivity contribution in [3.05, 3.63) is 24.2 Å². The van der Waals surface area contributed by atoms with Crippen LogP contribution in [-0.2, 0) is 6.42 Å².